The molecule has 0 aromatic heterocycles. The van der Waals surface area contributed by atoms with Crippen molar-refractivity contribution < 1.29 is 23.5 Å². The van der Waals surface area contributed by atoms with Gasteiger partial charge in [0.2, 0.25) is 0 Å². The zero-order valence-electron chi connectivity index (χ0n) is 15.4. The largest absolute Gasteiger partial charge is 0.390 e. The van der Waals surface area contributed by atoms with E-state index in [1.807, 2.05) is 6.07 Å². The number of hydrogen-bond donors (Lipinski definition) is 3. The second-order valence-corrected chi connectivity index (χ2v) is 8.20. The molecule has 0 aliphatic heterocycles. The maximum absolute atomic E-state index is 14.6. The van der Waals surface area contributed by atoms with Crippen molar-refractivity contribution in [3.63, 3.8) is 0 Å². The number of hydroxylamine groups is 1. The van der Waals surface area contributed by atoms with Gasteiger partial charge in [-0.2, -0.15) is 0 Å². The van der Waals surface area contributed by atoms with Crippen molar-refractivity contribution in [3.8, 4) is 0 Å². The van der Waals surface area contributed by atoms with Crippen LogP contribution in [0.25, 0.3) is 0 Å². The first kappa shape index (κ1) is 22.8. The van der Waals surface area contributed by atoms with Gasteiger partial charge < -0.3 is 10.4 Å². The molecule has 0 heterocycles. The molecule has 1 unspecified atom stereocenters. The SMILES string of the molecule is Cc1cc(I)ccc1Nc1c(C(=O)NOCC(O)C(C)C)cc(Cl)c(F)c1F. The summed E-state index contributed by atoms with van der Waals surface area (Å²) in [5, 5.41) is 11.9. The Kier molecular flexibility index (Phi) is 7.99. The number of nitrogens with one attached hydrogen (secondary N) is 2. The van der Waals surface area contributed by atoms with E-state index in [1.165, 1.54) is 0 Å². The van der Waals surface area contributed by atoms with Crippen LogP contribution < -0.4 is 10.8 Å². The van der Waals surface area contributed by atoms with Gasteiger partial charge in [0.25, 0.3) is 5.91 Å². The molecule has 0 aliphatic carbocycles. The molecule has 0 saturated heterocycles. The van der Waals surface area contributed by atoms with E-state index in [0.29, 0.717) is 5.69 Å². The third-order valence-electron chi connectivity index (χ3n) is 4.04. The Morgan fingerprint density at radius 1 is 1.29 bits per heavy atom. The minimum absolute atomic E-state index is 0.0734. The standard InChI is InChI=1S/C19H20ClF2IN2O3/c1-9(2)15(26)8-28-25-19(27)12-7-13(20)16(21)17(22)18(12)24-14-5-4-11(23)6-10(14)3/h4-7,9,15,24,26H,8H2,1-3H3,(H,25,27). The molecule has 3 N–H and O–H groups in total. The molecule has 9 heteroatoms. The highest BCUT2D eigenvalue weighted by Gasteiger charge is 2.23. The number of benzene rings is 2. The lowest BCUT2D eigenvalue weighted by molar-refractivity contribution is -0.0268. The molecule has 1 atom stereocenters. The normalized spacial score (nSPS) is 12.2. The summed E-state index contributed by atoms with van der Waals surface area (Å²) >= 11 is 7.84. The summed E-state index contributed by atoms with van der Waals surface area (Å²) < 4.78 is 29.5. The van der Waals surface area contributed by atoms with Crippen molar-refractivity contribution in [1.29, 1.82) is 0 Å². The predicted octanol–water partition coefficient (Wildman–Crippen LogP) is 4.95. The third-order valence-corrected chi connectivity index (χ3v) is 4.99. The lowest BCUT2D eigenvalue weighted by Crippen LogP contribution is -2.31. The molecule has 2 aromatic rings. The van der Waals surface area contributed by atoms with Crippen LogP contribution in [0.4, 0.5) is 20.2 Å². The lowest BCUT2D eigenvalue weighted by Gasteiger charge is -2.17. The smallest absolute Gasteiger partial charge is 0.277 e. The van der Waals surface area contributed by atoms with Gasteiger partial charge in [0.05, 0.1) is 22.4 Å². The Morgan fingerprint density at radius 3 is 2.57 bits per heavy atom. The molecule has 0 radical (unpaired) electrons. The molecule has 0 fully saturated rings. The minimum Gasteiger partial charge on any atom is -0.390 e. The van der Waals surface area contributed by atoms with Gasteiger partial charge in [0.15, 0.2) is 11.6 Å². The summed E-state index contributed by atoms with van der Waals surface area (Å²) in [4.78, 5) is 17.4. The first-order valence-electron chi connectivity index (χ1n) is 8.42. The fraction of sp³-hybridized carbons (Fsp3) is 0.316. The number of rotatable bonds is 7. The van der Waals surface area contributed by atoms with E-state index in [4.69, 9.17) is 16.4 Å². The molecular weight excluding hydrogens is 505 g/mol. The van der Waals surface area contributed by atoms with E-state index < -0.39 is 28.7 Å². The number of halogens is 4. The van der Waals surface area contributed by atoms with Crippen molar-refractivity contribution in [1.82, 2.24) is 5.48 Å². The van der Waals surface area contributed by atoms with Crippen molar-refractivity contribution in [2.24, 2.45) is 5.92 Å². The highest BCUT2D eigenvalue weighted by molar-refractivity contribution is 14.1. The zero-order chi connectivity index (χ0) is 21.0. The van der Waals surface area contributed by atoms with E-state index in [0.717, 1.165) is 15.2 Å². The van der Waals surface area contributed by atoms with Gasteiger partial charge in [-0.25, -0.2) is 14.3 Å². The molecule has 0 bridgehead atoms. The maximum Gasteiger partial charge on any atom is 0.277 e. The van der Waals surface area contributed by atoms with Crippen molar-refractivity contribution in [3.05, 3.63) is 55.6 Å². The van der Waals surface area contributed by atoms with E-state index in [9.17, 15) is 18.7 Å². The van der Waals surface area contributed by atoms with E-state index in [2.05, 4.69) is 33.4 Å². The number of aliphatic hydroxyl groups excluding tert-OH is 1. The van der Waals surface area contributed by atoms with E-state index >= 15 is 0 Å². The van der Waals surface area contributed by atoms with Gasteiger partial charge >= 0.3 is 0 Å². The van der Waals surface area contributed by atoms with E-state index in [-0.39, 0.29) is 23.8 Å². The van der Waals surface area contributed by atoms with Gasteiger partial charge in [-0.15, -0.1) is 0 Å². The van der Waals surface area contributed by atoms with Crippen LogP contribution >= 0.6 is 34.2 Å². The Morgan fingerprint density at radius 2 is 1.96 bits per heavy atom. The average Bonchev–Trinajstić information content (AvgIpc) is 2.63. The van der Waals surface area contributed by atoms with Crippen LogP contribution in [0, 0.1) is 28.0 Å². The third kappa shape index (κ3) is 5.53. The number of anilines is 2. The Labute approximate surface area is 180 Å². The summed E-state index contributed by atoms with van der Waals surface area (Å²) in [7, 11) is 0. The van der Waals surface area contributed by atoms with Crippen molar-refractivity contribution >= 4 is 51.5 Å². The lowest BCUT2D eigenvalue weighted by atomic mass is 10.1. The monoisotopic (exact) mass is 524 g/mol. The molecule has 0 spiro atoms. The first-order valence-corrected chi connectivity index (χ1v) is 9.88. The van der Waals surface area contributed by atoms with Gasteiger partial charge in [-0.05, 0) is 65.3 Å². The van der Waals surface area contributed by atoms with Gasteiger partial charge in [-0.1, -0.05) is 25.4 Å². The molecule has 0 aliphatic rings. The van der Waals surface area contributed by atoms with Crippen LogP contribution in [-0.2, 0) is 4.84 Å². The van der Waals surface area contributed by atoms with Crippen LogP contribution in [-0.4, -0.2) is 23.7 Å². The molecule has 5 nitrogen and oxygen atoms in total. The summed E-state index contributed by atoms with van der Waals surface area (Å²) in [5.41, 5.74) is 2.81. The highest BCUT2D eigenvalue weighted by Crippen LogP contribution is 2.32. The quantitative estimate of drug-likeness (QED) is 0.272. The first-order chi connectivity index (χ1) is 13.1. The maximum atomic E-state index is 14.6. The van der Waals surface area contributed by atoms with Crippen LogP contribution in [0.2, 0.25) is 5.02 Å². The van der Waals surface area contributed by atoms with Crippen LogP contribution in [0.5, 0.6) is 0 Å². The van der Waals surface area contributed by atoms with Gasteiger partial charge in [0, 0.05) is 9.26 Å². The van der Waals surface area contributed by atoms with Crippen molar-refractivity contribution in [2.45, 2.75) is 26.9 Å². The van der Waals surface area contributed by atoms with Crippen LogP contribution in [0.1, 0.15) is 29.8 Å². The second kappa shape index (κ2) is 9.82. The minimum atomic E-state index is -1.28. The zero-order valence-corrected chi connectivity index (χ0v) is 18.4. The molecule has 28 heavy (non-hydrogen) atoms. The molecular formula is C19H20ClF2IN2O3. The fourth-order valence-electron chi connectivity index (χ4n) is 2.24. The summed E-state index contributed by atoms with van der Waals surface area (Å²) in [6, 6.07) is 6.35. The summed E-state index contributed by atoms with van der Waals surface area (Å²) in [6.45, 7) is 5.22. The molecule has 0 saturated carbocycles. The van der Waals surface area contributed by atoms with Crippen molar-refractivity contribution in [2.75, 3.05) is 11.9 Å². The number of carbonyl (C=O) groups is 1. The van der Waals surface area contributed by atoms with Gasteiger partial charge in [-0.3, -0.25) is 9.63 Å². The summed E-state index contributed by atoms with van der Waals surface area (Å²) in [6.07, 6.45) is -0.791. The predicted molar refractivity (Wildman–Crippen MR) is 113 cm³/mol. The van der Waals surface area contributed by atoms with Gasteiger partial charge in [0.1, 0.15) is 6.61 Å². The second-order valence-electron chi connectivity index (χ2n) is 6.55. The molecule has 1 amide bonds. The summed E-state index contributed by atoms with van der Waals surface area (Å²) in [5.74, 6) is -3.45. The number of hydrogen-bond acceptors (Lipinski definition) is 4. The molecule has 2 aromatic carbocycles. The number of aryl methyl sites for hydroxylation is 1. The highest BCUT2D eigenvalue weighted by atomic mass is 127. The molecule has 2 rings (SSSR count). The Bertz CT molecular complexity index is 881. The molecule has 152 valence electrons. The number of aliphatic hydroxyl groups is 1. The Balaban J connectivity index is 2.31. The number of amides is 1. The van der Waals surface area contributed by atoms with Crippen LogP contribution in [0.3, 0.4) is 0 Å². The average molecular weight is 525 g/mol. The topological polar surface area (TPSA) is 70.6 Å². The number of carbonyl (C=O) groups excluding carboxylic acids is 1. The van der Waals surface area contributed by atoms with E-state index in [1.54, 1.807) is 32.9 Å². The Hall–Kier alpha value is -1.49. The fourth-order valence-corrected chi connectivity index (χ4v) is 3.08. The van der Waals surface area contributed by atoms with Crippen LogP contribution in [0.15, 0.2) is 24.3 Å².